The SMILES string of the molecule is CC(C)NC(=O)CNC1CCN(CC(F)(F)F)CC1. The molecular weight excluding hydrogens is 259 g/mol. The molecule has 0 atom stereocenters. The van der Waals surface area contributed by atoms with Crippen molar-refractivity contribution in [2.45, 2.75) is 44.9 Å². The Hall–Kier alpha value is -0.820. The van der Waals surface area contributed by atoms with E-state index in [0.29, 0.717) is 25.9 Å². The number of rotatable bonds is 5. The summed E-state index contributed by atoms with van der Waals surface area (Å²) in [6.07, 6.45) is -2.84. The predicted molar refractivity (Wildman–Crippen MR) is 66.8 cm³/mol. The lowest BCUT2D eigenvalue weighted by molar-refractivity contribution is -0.148. The van der Waals surface area contributed by atoms with Crippen molar-refractivity contribution in [2.24, 2.45) is 0 Å². The summed E-state index contributed by atoms with van der Waals surface area (Å²) in [4.78, 5) is 12.8. The highest BCUT2D eigenvalue weighted by molar-refractivity contribution is 5.78. The van der Waals surface area contributed by atoms with Crippen LogP contribution in [0.15, 0.2) is 0 Å². The largest absolute Gasteiger partial charge is 0.401 e. The summed E-state index contributed by atoms with van der Waals surface area (Å²) >= 11 is 0. The van der Waals surface area contributed by atoms with E-state index in [1.54, 1.807) is 0 Å². The van der Waals surface area contributed by atoms with Crippen LogP contribution in [0.3, 0.4) is 0 Å². The van der Waals surface area contributed by atoms with E-state index < -0.39 is 12.7 Å². The van der Waals surface area contributed by atoms with Gasteiger partial charge in [-0.25, -0.2) is 0 Å². The number of nitrogens with zero attached hydrogens (tertiary/aromatic N) is 1. The molecule has 0 aromatic carbocycles. The first-order valence-corrected chi connectivity index (χ1v) is 6.58. The Morgan fingerprint density at radius 1 is 1.32 bits per heavy atom. The van der Waals surface area contributed by atoms with Gasteiger partial charge in [0.15, 0.2) is 0 Å². The van der Waals surface area contributed by atoms with Gasteiger partial charge in [0.25, 0.3) is 0 Å². The third-order valence-corrected chi connectivity index (χ3v) is 2.99. The smallest absolute Gasteiger partial charge is 0.353 e. The Morgan fingerprint density at radius 3 is 2.37 bits per heavy atom. The molecule has 0 aromatic heterocycles. The molecule has 2 N–H and O–H groups in total. The Labute approximate surface area is 111 Å². The molecule has 1 amide bonds. The molecule has 7 heteroatoms. The first-order valence-electron chi connectivity index (χ1n) is 6.58. The number of carbonyl (C=O) groups excluding carboxylic acids is 1. The van der Waals surface area contributed by atoms with Crippen LogP contribution in [0.2, 0.25) is 0 Å². The number of alkyl halides is 3. The Morgan fingerprint density at radius 2 is 1.89 bits per heavy atom. The number of halogens is 3. The van der Waals surface area contributed by atoms with Crippen LogP contribution in [0.4, 0.5) is 13.2 Å². The molecule has 4 nitrogen and oxygen atoms in total. The molecule has 1 heterocycles. The highest BCUT2D eigenvalue weighted by Crippen LogP contribution is 2.19. The first-order chi connectivity index (χ1) is 8.76. The molecular formula is C12H22F3N3O. The third kappa shape index (κ3) is 7.37. The zero-order chi connectivity index (χ0) is 14.5. The van der Waals surface area contributed by atoms with Crippen LogP contribution in [-0.4, -0.2) is 55.2 Å². The van der Waals surface area contributed by atoms with Crippen molar-refractivity contribution in [1.29, 1.82) is 0 Å². The molecule has 1 saturated heterocycles. The van der Waals surface area contributed by atoms with Gasteiger partial charge in [0.05, 0.1) is 13.1 Å². The molecule has 0 radical (unpaired) electrons. The van der Waals surface area contributed by atoms with Crippen molar-refractivity contribution in [3.05, 3.63) is 0 Å². The standard InChI is InChI=1S/C12H22F3N3O/c1-9(2)17-11(19)7-16-10-3-5-18(6-4-10)8-12(13,14)15/h9-10,16H,3-8H2,1-2H3,(H,17,19). The van der Waals surface area contributed by atoms with Crippen LogP contribution in [0.1, 0.15) is 26.7 Å². The van der Waals surface area contributed by atoms with E-state index >= 15 is 0 Å². The van der Waals surface area contributed by atoms with Gasteiger partial charge < -0.3 is 10.6 Å². The van der Waals surface area contributed by atoms with E-state index in [1.165, 1.54) is 4.90 Å². The van der Waals surface area contributed by atoms with Crippen LogP contribution >= 0.6 is 0 Å². The second kappa shape index (κ2) is 7.09. The second-order valence-corrected chi connectivity index (χ2v) is 5.27. The van der Waals surface area contributed by atoms with Crippen molar-refractivity contribution in [3.63, 3.8) is 0 Å². The summed E-state index contributed by atoms with van der Waals surface area (Å²) in [5, 5.41) is 5.85. The number of amides is 1. The predicted octanol–water partition coefficient (Wildman–Crippen LogP) is 1.13. The van der Waals surface area contributed by atoms with Crippen molar-refractivity contribution in [2.75, 3.05) is 26.2 Å². The summed E-state index contributed by atoms with van der Waals surface area (Å²) in [7, 11) is 0. The highest BCUT2D eigenvalue weighted by atomic mass is 19.4. The maximum atomic E-state index is 12.2. The molecule has 0 saturated carbocycles. The molecule has 1 fully saturated rings. The summed E-state index contributed by atoms with van der Waals surface area (Å²) in [5.41, 5.74) is 0. The molecule has 1 aliphatic rings. The average molecular weight is 281 g/mol. The molecule has 0 bridgehead atoms. The Balaban J connectivity index is 2.18. The highest BCUT2D eigenvalue weighted by Gasteiger charge is 2.32. The summed E-state index contributed by atoms with van der Waals surface area (Å²) in [6, 6.07) is 0.227. The quantitative estimate of drug-likeness (QED) is 0.794. The van der Waals surface area contributed by atoms with E-state index in [4.69, 9.17) is 0 Å². The minimum Gasteiger partial charge on any atom is -0.353 e. The molecule has 1 rings (SSSR count). The number of piperidine rings is 1. The lowest BCUT2D eigenvalue weighted by Gasteiger charge is -2.32. The van der Waals surface area contributed by atoms with E-state index in [0.717, 1.165) is 0 Å². The number of nitrogens with one attached hydrogen (secondary N) is 2. The molecule has 19 heavy (non-hydrogen) atoms. The van der Waals surface area contributed by atoms with Crippen molar-refractivity contribution in [3.8, 4) is 0 Å². The zero-order valence-corrected chi connectivity index (χ0v) is 11.4. The summed E-state index contributed by atoms with van der Waals surface area (Å²) in [6.45, 7) is 3.99. The molecule has 0 spiro atoms. The fourth-order valence-electron chi connectivity index (χ4n) is 2.16. The van der Waals surface area contributed by atoms with Gasteiger partial charge in [-0.1, -0.05) is 0 Å². The average Bonchev–Trinajstić information content (AvgIpc) is 2.25. The topological polar surface area (TPSA) is 44.4 Å². The van der Waals surface area contributed by atoms with E-state index in [9.17, 15) is 18.0 Å². The molecule has 1 aliphatic heterocycles. The van der Waals surface area contributed by atoms with E-state index in [2.05, 4.69) is 10.6 Å². The van der Waals surface area contributed by atoms with Crippen LogP contribution in [0.5, 0.6) is 0 Å². The minimum absolute atomic E-state index is 0.0762. The van der Waals surface area contributed by atoms with Gasteiger partial charge in [-0.15, -0.1) is 0 Å². The lowest BCUT2D eigenvalue weighted by atomic mass is 10.1. The third-order valence-electron chi connectivity index (χ3n) is 2.99. The first kappa shape index (κ1) is 16.2. The van der Waals surface area contributed by atoms with Gasteiger partial charge in [0.1, 0.15) is 0 Å². The normalized spacial score (nSPS) is 18.8. The van der Waals surface area contributed by atoms with E-state index in [1.807, 2.05) is 13.8 Å². The Bertz CT molecular complexity index is 286. The van der Waals surface area contributed by atoms with Crippen molar-refractivity contribution in [1.82, 2.24) is 15.5 Å². The maximum Gasteiger partial charge on any atom is 0.401 e. The van der Waals surface area contributed by atoms with Crippen LogP contribution in [-0.2, 0) is 4.79 Å². The van der Waals surface area contributed by atoms with Gasteiger partial charge in [0, 0.05) is 12.1 Å². The number of hydrogen-bond donors (Lipinski definition) is 2. The summed E-state index contributed by atoms with van der Waals surface area (Å²) < 4.78 is 36.6. The van der Waals surface area contributed by atoms with Crippen molar-refractivity contribution < 1.29 is 18.0 Å². The monoisotopic (exact) mass is 281 g/mol. The van der Waals surface area contributed by atoms with Gasteiger partial charge in [-0.2, -0.15) is 13.2 Å². The number of hydrogen-bond acceptors (Lipinski definition) is 3. The van der Waals surface area contributed by atoms with Gasteiger partial charge in [-0.05, 0) is 39.8 Å². The molecule has 0 aliphatic carbocycles. The molecule has 0 aromatic rings. The van der Waals surface area contributed by atoms with Gasteiger partial charge in [0.2, 0.25) is 5.91 Å². The lowest BCUT2D eigenvalue weighted by Crippen LogP contribution is -2.48. The summed E-state index contributed by atoms with van der Waals surface area (Å²) in [5.74, 6) is -0.0762. The molecule has 0 unspecified atom stereocenters. The van der Waals surface area contributed by atoms with Crippen LogP contribution in [0, 0.1) is 0 Å². The van der Waals surface area contributed by atoms with Gasteiger partial charge >= 0.3 is 6.18 Å². The zero-order valence-electron chi connectivity index (χ0n) is 11.4. The fourth-order valence-corrected chi connectivity index (χ4v) is 2.16. The number of carbonyl (C=O) groups is 1. The Kier molecular flexibility index (Phi) is 6.06. The molecule has 112 valence electrons. The second-order valence-electron chi connectivity index (χ2n) is 5.27. The number of likely N-dealkylation sites (tertiary alicyclic amines) is 1. The van der Waals surface area contributed by atoms with Crippen molar-refractivity contribution >= 4 is 5.91 Å². The minimum atomic E-state index is -4.13. The van der Waals surface area contributed by atoms with Crippen LogP contribution in [0.25, 0.3) is 0 Å². The fraction of sp³-hybridized carbons (Fsp3) is 0.917. The maximum absolute atomic E-state index is 12.2. The van der Waals surface area contributed by atoms with Gasteiger partial charge in [-0.3, -0.25) is 9.69 Å². The van der Waals surface area contributed by atoms with E-state index in [-0.39, 0.29) is 24.5 Å². The van der Waals surface area contributed by atoms with Crippen LogP contribution < -0.4 is 10.6 Å².